The Balaban J connectivity index is 1.23. The molecule has 0 bridgehead atoms. The van der Waals surface area contributed by atoms with Gasteiger partial charge in [0.05, 0.1) is 20.8 Å². The summed E-state index contributed by atoms with van der Waals surface area (Å²) in [7, 11) is -1.62. The fourth-order valence-electron chi connectivity index (χ4n) is 4.71. The maximum atomic E-state index is 15.2. The molecular formula is C30H31F2N4O13P. The van der Waals surface area contributed by atoms with E-state index < -0.39 is 62.5 Å². The van der Waals surface area contributed by atoms with Gasteiger partial charge in [-0.15, -0.1) is 0 Å². The van der Waals surface area contributed by atoms with Crippen molar-refractivity contribution in [1.29, 1.82) is 0 Å². The third-order valence-corrected chi connectivity index (χ3v) is 8.84. The average Bonchev–Trinajstić information content (AvgIpc) is 3.59. The van der Waals surface area contributed by atoms with Crippen LogP contribution in [-0.2, 0) is 30.0 Å². The highest BCUT2D eigenvalue weighted by molar-refractivity contribution is 7.52. The van der Waals surface area contributed by atoms with Crippen LogP contribution in [0, 0.1) is 0 Å². The number of aromatic nitrogens is 2. The smallest absolute Gasteiger partial charge is 0.459 e. The summed E-state index contributed by atoms with van der Waals surface area (Å²) in [5.41, 5.74) is -0.906. The van der Waals surface area contributed by atoms with Crippen molar-refractivity contribution < 1.29 is 65.6 Å². The number of methoxy groups -OCH3 is 2. The topological polar surface area (TPSA) is 219 Å². The van der Waals surface area contributed by atoms with Crippen LogP contribution < -0.4 is 30.1 Å². The lowest BCUT2D eigenvalue weighted by atomic mass is 10.1. The van der Waals surface area contributed by atoms with E-state index in [0.29, 0.717) is 27.0 Å². The summed E-state index contributed by atoms with van der Waals surface area (Å²) in [5, 5.41) is 24.6. The zero-order valence-electron chi connectivity index (χ0n) is 26.5. The highest BCUT2D eigenvalue weighted by atomic mass is 31.2. The number of halogens is 2. The normalized spacial score (nSPS) is 20.1. The Bertz CT molecular complexity index is 1960. The van der Waals surface area contributed by atoms with Crippen LogP contribution in [0.15, 0.2) is 70.0 Å². The number of carboxylic acid groups (broad SMARTS) is 1. The maximum Gasteiger partial charge on any atom is 0.459 e. The molecule has 4 N–H and O–H groups in total. The number of carboxylic acids is 1. The number of furan rings is 1. The lowest BCUT2D eigenvalue weighted by Gasteiger charge is -2.23. The van der Waals surface area contributed by atoms with Crippen molar-refractivity contribution >= 4 is 36.6 Å². The quantitative estimate of drug-likeness (QED) is 0.136. The summed E-state index contributed by atoms with van der Waals surface area (Å²) >= 11 is 0. The molecule has 0 aliphatic carbocycles. The minimum atomic E-state index is -4.55. The standard InChI is InChI=1S/C30H31F2N4O13P/c1-16(26(38)39)35-50(42,49-18-7-5-4-6-8-18)46-15-22-25(37)30(31,32)27(48-22)36-10-9-23(33-28(36)40)34-29(41)45-14-20-12-17-11-19(43-2)13-21(44-3)24(17)47-20/h4-13,16,22,25,27,37H,14-15H2,1-3H3,(H,35,42)(H,38,39)(H,33,34,40,41)/t16-,22+,25+,27+,50?/m0/s1. The van der Waals surface area contributed by atoms with E-state index in [1.807, 2.05) is 0 Å². The predicted molar refractivity (Wildman–Crippen MR) is 167 cm³/mol. The first-order valence-corrected chi connectivity index (χ1v) is 16.2. The van der Waals surface area contributed by atoms with Gasteiger partial charge in [0.25, 0.3) is 0 Å². The minimum Gasteiger partial charge on any atom is -0.497 e. The van der Waals surface area contributed by atoms with Crippen LogP contribution in [0.25, 0.3) is 11.0 Å². The van der Waals surface area contributed by atoms with Crippen LogP contribution in [0.2, 0.25) is 0 Å². The number of benzene rings is 2. The Morgan fingerprint density at radius 2 is 1.86 bits per heavy atom. The van der Waals surface area contributed by atoms with Gasteiger partial charge in [-0.25, -0.2) is 14.2 Å². The van der Waals surface area contributed by atoms with Crippen molar-refractivity contribution in [3.8, 4) is 17.2 Å². The van der Waals surface area contributed by atoms with Gasteiger partial charge in [-0.05, 0) is 37.3 Å². The number of para-hydroxylation sites is 1. The monoisotopic (exact) mass is 724 g/mol. The highest BCUT2D eigenvalue weighted by Crippen LogP contribution is 2.48. The van der Waals surface area contributed by atoms with E-state index in [0.717, 1.165) is 19.2 Å². The second-order valence-corrected chi connectivity index (χ2v) is 12.4. The van der Waals surface area contributed by atoms with E-state index >= 15 is 8.78 Å². The SMILES string of the molecule is COc1cc(OC)c2oc(COC(=O)Nc3ccn([C@@H]4O[C@H](COP(=O)(N[C@@H](C)C(=O)O)Oc5ccccc5)[C@@H](O)C4(F)F)c(=O)n3)cc2c1. The molecule has 1 aliphatic rings. The Kier molecular flexibility index (Phi) is 10.7. The first kappa shape index (κ1) is 36.2. The van der Waals surface area contributed by atoms with Gasteiger partial charge < -0.3 is 38.1 Å². The second-order valence-electron chi connectivity index (χ2n) is 10.7. The Morgan fingerprint density at radius 3 is 2.52 bits per heavy atom. The van der Waals surface area contributed by atoms with Crippen molar-refractivity contribution in [3.05, 3.63) is 77.0 Å². The molecule has 1 saturated heterocycles. The van der Waals surface area contributed by atoms with E-state index in [1.165, 1.54) is 38.5 Å². The third kappa shape index (κ3) is 8.03. The molecule has 1 unspecified atom stereocenters. The first-order chi connectivity index (χ1) is 23.7. The molecular weight excluding hydrogens is 693 g/mol. The van der Waals surface area contributed by atoms with Gasteiger partial charge in [0, 0.05) is 17.6 Å². The fraction of sp³-hybridized carbons (Fsp3) is 0.333. The Labute approximate surface area is 281 Å². The third-order valence-electron chi connectivity index (χ3n) is 7.20. The average molecular weight is 725 g/mol. The van der Waals surface area contributed by atoms with E-state index in [1.54, 1.807) is 24.3 Å². The molecule has 50 heavy (non-hydrogen) atoms. The lowest BCUT2D eigenvalue weighted by molar-refractivity contribution is -0.141. The molecule has 5 atom stereocenters. The van der Waals surface area contributed by atoms with E-state index in [4.69, 9.17) is 32.4 Å². The van der Waals surface area contributed by atoms with Gasteiger partial charge in [0.15, 0.2) is 24.0 Å². The van der Waals surface area contributed by atoms with Crippen LogP contribution in [0.5, 0.6) is 17.2 Å². The lowest BCUT2D eigenvalue weighted by Crippen LogP contribution is -2.42. The first-order valence-electron chi connectivity index (χ1n) is 14.6. The number of ether oxygens (including phenoxy) is 4. The number of nitrogens with one attached hydrogen (secondary N) is 2. The minimum absolute atomic E-state index is 0.00321. The molecule has 1 fully saturated rings. The highest BCUT2D eigenvalue weighted by Gasteiger charge is 2.60. The number of aliphatic carboxylic acids is 1. The Morgan fingerprint density at radius 1 is 1.12 bits per heavy atom. The molecule has 2 aromatic carbocycles. The van der Waals surface area contributed by atoms with E-state index in [-0.39, 0.29) is 23.9 Å². The number of carbonyl (C=O) groups is 2. The molecule has 1 amide bonds. The summed E-state index contributed by atoms with van der Waals surface area (Å²) in [6.07, 6.45) is -7.06. The number of amides is 1. The number of hydrogen-bond acceptors (Lipinski definition) is 13. The van der Waals surface area contributed by atoms with E-state index in [9.17, 15) is 29.2 Å². The number of aliphatic hydroxyl groups is 1. The van der Waals surface area contributed by atoms with Gasteiger partial charge in [0.2, 0.25) is 6.23 Å². The fourth-order valence-corrected chi connectivity index (χ4v) is 6.21. The van der Waals surface area contributed by atoms with E-state index in [2.05, 4.69) is 15.4 Å². The van der Waals surface area contributed by atoms with Crippen LogP contribution in [0.3, 0.4) is 0 Å². The zero-order chi connectivity index (χ0) is 36.2. The molecule has 268 valence electrons. The van der Waals surface area contributed by atoms with Crippen molar-refractivity contribution in [3.63, 3.8) is 0 Å². The molecule has 17 nitrogen and oxygen atoms in total. The summed E-state index contributed by atoms with van der Waals surface area (Å²) in [6.45, 7) is -0.164. The summed E-state index contributed by atoms with van der Waals surface area (Å²) in [5.74, 6) is -4.71. The van der Waals surface area contributed by atoms with Crippen molar-refractivity contribution in [1.82, 2.24) is 14.6 Å². The zero-order valence-corrected chi connectivity index (χ0v) is 27.4. The van der Waals surface area contributed by atoms with Crippen LogP contribution in [-0.4, -0.2) is 76.8 Å². The molecule has 2 aromatic heterocycles. The molecule has 0 saturated carbocycles. The predicted octanol–water partition coefficient (Wildman–Crippen LogP) is 3.92. The second kappa shape index (κ2) is 14.8. The van der Waals surface area contributed by atoms with Crippen LogP contribution >= 0.6 is 7.75 Å². The largest absolute Gasteiger partial charge is 0.497 e. The number of carbonyl (C=O) groups excluding carboxylic acids is 1. The van der Waals surface area contributed by atoms with Crippen LogP contribution in [0.1, 0.15) is 18.9 Å². The molecule has 4 aromatic rings. The number of fused-ring (bicyclic) bond motifs is 1. The molecule has 5 rings (SSSR count). The number of anilines is 1. The van der Waals surface area contributed by atoms with Gasteiger partial charge in [-0.2, -0.15) is 18.9 Å². The van der Waals surface area contributed by atoms with Crippen molar-refractivity contribution in [2.45, 2.75) is 43.9 Å². The van der Waals surface area contributed by atoms with Crippen LogP contribution in [0.4, 0.5) is 19.4 Å². The van der Waals surface area contributed by atoms with Crippen molar-refractivity contribution in [2.24, 2.45) is 0 Å². The Hall–Kier alpha value is -5.07. The molecule has 3 heterocycles. The number of aliphatic hydroxyl groups excluding tert-OH is 1. The molecule has 1 aliphatic heterocycles. The summed E-state index contributed by atoms with van der Waals surface area (Å²) in [4.78, 5) is 40.1. The molecule has 20 heteroatoms. The summed E-state index contributed by atoms with van der Waals surface area (Å²) in [6, 6.07) is 11.9. The number of hydrogen-bond donors (Lipinski definition) is 4. The van der Waals surface area contributed by atoms with Gasteiger partial charge in [-0.1, -0.05) is 18.2 Å². The molecule has 0 spiro atoms. The summed E-state index contributed by atoms with van der Waals surface area (Å²) < 4.78 is 81.3. The van der Waals surface area contributed by atoms with Gasteiger partial charge >= 0.3 is 31.4 Å². The maximum absolute atomic E-state index is 15.2. The van der Waals surface area contributed by atoms with Gasteiger partial charge in [0.1, 0.15) is 35.2 Å². The number of nitrogens with zero attached hydrogens (tertiary/aromatic N) is 2. The van der Waals surface area contributed by atoms with Gasteiger partial charge in [-0.3, -0.25) is 19.2 Å². The number of rotatable bonds is 14. The van der Waals surface area contributed by atoms with Crippen molar-refractivity contribution in [2.75, 3.05) is 26.1 Å². The number of alkyl halides is 2. The molecule has 0 radical (unpaired) electrons.